The minimum absolute atomic E-state index is 0.00702. The molecule has 0 aromatic heterocycles. The van der Waals surface area contributed by atoms with Crippen LogP contribution in [0.4, 0.5) is 17.1 Å². The third kappa shape index (κ3) is 5.20. The molecule has 162 valence electrons. The number of nitrogens with one attached hydrogen (secondary N) is 2. The van der Waals surface area contributed by atoms with E-state index >= 15 is 0 Å². The lowest BCUT2D eigenvalue weighted by Crippen LogP contribution is -2.16. The van der Waals surface area contributed by atoms with Gasteiger partial charge in [-0.25, -0.2) is 10.0 Å². The molecule has 32 heavy (non-hydrogen) atoms. The third-order valence-electron chi connectivity index (χ3n) is 4.25. The zero-order valence-electron chi connectivity index (χ0n) is 16.0. The highest BCUT2D eigenvalue weighted by Crippen LogP contribution is 2.27. The molecule has 0 saturated heterocycles. The Kier molecular flexibility index (Phi) is 6.72. The van der Waals surface area contributed by atoms with E-state index in [2.05, 4.69) is 10.6 Å². The molecule has 0 unspecified atom stereocenters. The van der Waals surface area contributed by atoms with Crippen molar-refractivity contribution in [3.63, 3.8) is 0 Å². The molecule has 3 rings (SSSR count). The van der Waals surface area contributed by atoms with Crippen LogP contribution in [0.3, 0.4) is 0 Å². The van der Waals surface area contributed by atoms with Crippen molar-refractivity contribution in [1.29, 1.82) is 0 Å². The molecule has 0 aliphatic rings. The second kappa shape index (κ2) is 9.46. The number of nitrogens with zero attached hydrogens (tertiary/aromatic N) is 1. The summed E-state index contributed by atoms with van der Waals surface area (Å²) in [5.74, 6) is -2.39. The van der Waals surface area contributed by atoms with Gasteiger partial charge in [0.25, 0.3) is 16.7 Å². The number of halogens is 2. The monoisotopic (exact) mass is 474 g/mol. The van der Waals surface area contributed by atoms with E-state index in [1.165, 1.54) is 60.7 Å². The van der Waals surface area contributed by atoms with Crippen LogP contribution in [0.2, 0.25) is 10.0 Å². The minimum Gasteiger partial charge on any atom is -0.478 e. The fourth-order valence-corrected chi connectivity index (χ4v) is 3.10. The van der Waals surface area contributed by atoms with E-state index in [9.17, 15) is 19.3 Å². The van der Waals surface area contributed by atoms with Crippen molar-refractivity contribution in [2.24, 2.45) is 0 Å². The van der Waals surface area contributed by atoms with Gasteiger partial charge in [0, 0.05) is 28.6 Å². The Morgan fingerprint density at radius 3 is 1.84 bits per heavy atom. The van der Waals surface area contributed by atoms with E-state index < -0.39 is 22.7 Å². The SMILES string of the molecule is O=C(Nc1ccc(Cl)c(C(=O)O)c1)c1cccc(C(=O)Nc2ccc(Cl)c([N+](=O)O)c2)c1. The summed E-state index contributed by atoms with van der Waals surface area (Å²) in [7, 11) is 0. The van der Waals surface area contributed by atoms with Crippen molar-refractivity contribution < 1.29 is 29.6 Å². The summed E-state index contributed by atoms with van der Waals surface area (Å²) in [6.07, 6.45) is 0. The van der Waals surface area contributed by atoms with Crippen LogP contribution in [0.15, 0.2) is 60.7 Å². The molecule has 2 amide bonds. The topological polar surface area (TPSA) is 136 Å². The number of rotatable bonds is 6. The van der Waals surface area contributed by atoms with Gasteiger partial charge >= 0.3 is 11.7 Å². The lowest BCUT2D eigenvalue weighted by atomic mass is 10.1. The Hall–Kier alpha value is -3.95. The summed E-state index contributed by atoms with van der Waals surface area (Å²) >= 11 is 11.6. The van der Waals surface area contributed by atoms with Crippen LogP contribution in [0.5, 0.6) is 0 Å². The van der Waals surface area contributed by atoms with Gasteiger partial charge in [0.05, 0.1) is 15.5 Å². The van der Waals surface area contributed by atoms with E-state index in [1.54, 1.807) is 0 Å². The Labute approximate surface area is 190 Å². The zero-order valence-corrected chi connectivity index (χ0v) is 17.5. The first-order valence-corrected chi connectivity index (χ1v) is 9.62. The quantitative estimate of drug-likeness (QED) is 0.371. The number of carboxylic acids is 1. The molecule has 0 radical (unpaired) electrons. The predicted octanol–water partition coefficient (Wildman–Crippen LogP) is 5.00. The van der Waals surface area contributed by atoms with Gasteiger partial charge < -0.3 is 15.7 Å². The summed E-state index contributed by atoms with van der Waals surface area (Å²) < 4.78 is 0. The maximum atomic E-state index is 12.6. The van der Waals surface area contributed by atoms with Gasteiger partial charge in [0.1, 0.15) is 5.02 Å². The van der Waals surface area contributed by atoms with Gasteiger partial charge in [-0.1, -0.05) is 29.3 Å². The maximum absolute atomic E-state index is 12.6. The zero-order chi connectivity index (χ0) is 23.4. The van der Waals surface area contributed by atoms with Gasteiger partial charge in [0.15, 0.2) is 0 Å². The number of hydrogen-bond acceptors (Lipinski definition) is 4. The van der Waals surface area contributed by atoms with Gasteiger partial charge in [-0.05, 0) is 48.5 Å². The second-order valence-corrected chi connectivity index (χ2v) is 7.24. The summed E-state index contributed by atoms with van der Waals surface area (Å²) in [6, 6.07) is 13.7. The Morgan fingerprint density at radius 1 is 0.781 bits per heavy atom. The van der Waals surface area contributed by atoms with Gasteiger partial charge in [-0.15, -0.1) is 0 Å². The van der Waals surface area contributed by atoms with Crippen LogP contribution in [0.25, 0.3) is 0 Å². The maximum Gasteiger partial charge on any atom is 0.337 e. The normalized spacial score (nSPS) is 10.3. The van der Waals surface area contributed by atoms with E-state index in [4.69, 9.17) is 33.5 Å². The van der Waals surface area contributed by atoms with Crippen LogP contribution in [-0.4, -0.2) is 33.0 Å². The smallest absolute Gasteiger partial charge is 0.337 e. The number of anilines is 2. The van der Waals surface area contributed by atoms with E-state index in [-0.39, 0.29) is 43.8 Å². The molecule has 0 fully saturated rings. The number of carbonyl (C=O) groups excluding carboxylic acids is 2. The standard InChI is InChI=1S/C21H13Cl2N3O6/c22-16-6-4-13(9-15(16)21(29)30)24-19(27)11-2-1-3-12(8-11)20(28)25-14-5-7-17(23)18(10-14)26(31)32/h1-10H,(H3-,24,25,27,28,29,30,31,32)/p+1. The first kappa shape index (κ1) is 22.7. The molecule has 0 bridgehead atoms. The fourth-order valence-electron chi connectivity index (χ4n) is 2.71. The third-order valence-corrected chi connectivity index (χ3v) is 4.90. The van der Waals surface area contributed by atoms with E-state index in [0.717, 1.165) is 0 Å². The number of carbonyl (C=O) groups is 3. The molecule has 9 nitrogen and oxygen atoms in total. The Bertz CT molecular complexity index is 1170. The number of hydrogen-bond donors (Lipinski definition) is 4. The molecule has 0 aliphatic carbocycles. The largest absolute Gasteiger partial charge is 0.478 e. The average Bonchev–Trinajstić information content (AvgIpc) is 2.76. The Balaban J connectivity index is 1.78. The molecule has 0 atom stereocenters. The highest BCUT2D eigenvalue weighted by molar-refractivity contribution is 6.33. The number of amides is 2. The highest BCUT2D eigenvalue weighted by atomic mass is 35.5. The van der Waals surface area contributed by atoms with E-state index in [0.29, 0.717) is 0 Å². The van der Waals surface area contributed by atoms with Gasteiger partial charge in [-0.2, -0.15) is 0 Å². The van der Waals surface area contributed by atoms with Gasteiger partial charge in [0.2, 0.25) is 0 Å². The predicted molar refractivity (Wildman–Crippen MR) is 117 cm³/mol. The molecule has 11 heteroatoms. The fraction of sp³-hybridized carbons (Fsp3) is 0. The minimum atomic E-state index is -1.24. The molecular formula is C21H14Cl2N3O6+. The summed E-state index contributed by atoms with van der Waals surface area (Å²) in [5, 5.41) is 23.3. The van der Waals surface area contributed by atoms with E-state index in [1.807, 2.05) is 0 Å². The van der Waals surface area contributed by atoms with Crippen LogP contribution < -0.4 is 10.6 Å². The highest BCUT2D eigenvalue weighted by Gasteiger charge is 2.19. The summed E-state index contributed by atoms with van der Waals surface area (Å²) in [4.78, 5) is 47.0. The number of benzene rings is 3. The molecular weight excluding hydrogens is 461 g/mol. The van der Waals surface area contributed by atoms with Gasteiger partial charge in [-0.3, -0.25) is 9.59 Å². The molecule has 0 aliphatic heterocycles. The summed E-state index contributed by atoms with van der Waals surface area (Å²) in [6.45, 7) is 0. The first-order valence-electron chi connectivity index (χ1n) is 8.87. The van der Waals surface area contributed by atoms with Crippen LogP contribution >= 0.6 is 23.2 Å². The molecule has 0 heterocycles. The number of carboxylic acid groups (broad SMARTS) is 1. The Morgan fingerprint density at radius 2 is 1.31 bits per heavy atom. The molecule has 4 N–H and O–H groups in total. The van der Waals surface area contributed by atoms with Crippen LogP contribution in [0.1, 0.15) is 31.1 Å². The first-order chi connectivity index (χ1) is 15.2. The van der Waals surface area contributed by atoms with Crippen molar-refractivity contribution in [3.8, 4) is 0 Å². The lowest BCUT2D eigenvalue weighted by molar-refractivity contribution is -0.729. The molecule has 0 spiro atoms. The summed E-state index contributed by atoms with van der Waals surface area (Å²) in [5.41, 5.74) is 0.274. The lowest BCUT2D eigenvalue weighted by Gasteiger charge is -2.09. The molecule has 0 saturated carbocycles. The van der Waals surface area contributed by atoms with Crippen molar-refractivity contribution in [1.82, 2.24) is 0 Å². The van der Waals surface area contributed by atoms with Crippen LogP contribution in [-0.2, 0) is 0 Å². The number of aromatic carboxylic acids is 1. The van der Waals surface area contributed by atoms with Crippen molar-refractivity contribution in [3.05, 3.63) is 92.3 Å². The van der Waals surface area contributed by atoms with Crippen LogP contribution in [0, 0.1) is 4.91 Å². The van der Waals surface area contributed by atoms with Crippen molar-refractivity contribution >= 4 is 58.0 Å². The van der Waals surface area contributed by atoms with Crippen molar-refractivity contribution in [2.75, 3.05) is 10.6 Å². The second-order valence-electron chi connectivity index (χ2n) is 6.43. The molecule has 3 aromatic rings. The average molecular weight is 475 g/mol. The molecule has 3 aromatic carbocycles. The van der Waals surface area contributed by atoms with Crippen molar-refractivity contribution in [2.45, 2.75) is 0 Å².